The molecule has 0 saturated carbocycles. The van der Waals surface area contributed by atoms with Crippen LogP contribution in [0.3, 0.4) is 0 Å². The van der Waals surface area contributed by atoms with Gasteiger partial charge in [-0.2, -0.15) is 0 Å². The molecule has 0 radical (unpaired) electrons. The summed E-state index contributed by atoms with van der Waals surface area (Å²) in [5, 5.41) is 3.30. The number of aromatic nitrogens is 1. The van der Waals surface area contributed by atoms with Gasteiger partial charge in [0, 0.05) is 6.04 Å². The second-order valence-corrected chi connectivity index (χ2v) is 3.65. The molecule has 1 heterocycles. The Kier molecular flexibility index (Phi) is 3.12. The van der Waals surface area contributed by atoms with E-state index in [2.05, 4.69) is 31.1 Å². The molecule has 13 heavy (non-hydrogen) atoms. The van der Waals surface area contributed by atoms with Crippen LogP contribution in [0, 0.1) is 5.92 Å². The van der Waals surface area contributed by atoms with E-state index in [0.717, 1.165) is 5.82 Å². The van der Waals surface area contributed by atoms with E-state index in [4.69, 9.17) is 5.73 Å². The summed E-state index contributed by atoms with van der Waals surface area (Å²) in [4.78, 5) is 4.16. The first-order valence-corrected chi connectivity index (χ1v) is 4.57. The van der Waals surface area contributed by atoms with Crippen LogP contribution in [0.15, 0.2) is 18.3 Å². The highest BCUT2D eigenvalue weighted by molar-refractivity contribution is 5.44. The second kappa shape index (κ2) is 4.12. The normalized spacial score (nSPS) is 12.9. The van der Waals surface area contributed by atoms with Crippen molar-refractivity contribution in [1.29, 1.82) is 0 Å². The SMILES string of the molecule is CC(C)C(C)Nc1ccc(N)cn1. The zero-order valence-electron chi connectivity index (χ0n) is 8.41. The third-order valence-corrected chi connectivity index (χ3v) is 2.16. The standard InChI is InChI=1S/C10H17N3/c1-7(2)8(3)13-10-5-4-9(11)6-12-10/h4-8H,11H2,1-3H3,(H,12,13). The van der Waals surface area contributed by atoms with Gasteiger partial charge in [0.1, 0.15) is 5.82 Å². The molecular formula is C10H17N3. The fraction of sp³-hybridized carbons (Fsp3) is 0.500. The molecule has 1 aromatic heterocycles. The van der Waals surface area contributed by atoms with Gasteiger partial charge in [-0.25, -0.2) is 4.98 Å². The molecule has 1 unspecified atom stereocenters. The molecule has 3 N–H and O–H groups in total. The van der Waals surface area contributed by atoms with Crippen LogP contribution in [0.2, 0.25) is 0 Å². The van der Waals surface area contributed by atoms with Crippen molar-refractivity contribution in [1.82, 2.24) is 4.98 Å². The number of nitrogens with one attached hydrogen (secondary N) is 1. The molecule has 0 aliphatic rings. The molecule has 1 aromatic rings. The molecule has 0 bridgehead atoms. The minimum absolute atomic E-state index is 0.427. The topological polar surface area (TPSA) is 50.9 Å². The molecule has 0 fully saturated rings. The molecule has 0 saturated heterocycles. The predicted molar refractivity (Wildman–Crippen MR) is 56.6 cm³/mol. The number of nitrogens with zero attached hydrogens (tertiary/aromatic N) is 1. The molecule has 0 spiro atoms. The quantitative estimate of drug-likeness (QED) is 0.747. The Morgan fingerprint density at radius 3 is 2.46 bits per heavy atom. The lowest BCUT2D eigenvalue weighted by Crippen LogP contribution is -2.21. The number of rotatable bonds is 3. The van der Waals surface area contributed by atoms with Gasteiger partial charge in [-0.05, 0) is 25.0 Å². The summed E-state index contributed by atoms with van der Waals surface area (Å²) in [6, 6.07) is 4.17. The molecule has 72 valence electrons. The lowest BCUT2D eigenvalue weighted by atomic mass is 10.1. The Morgan fingerprint density at radius 2 is 2.00 bits per heavy atom. The average Bonchev–Trinajstić information content (AvgIpc) is 2.08. The first kappa shape index (κ1) is 9.84. The maximum atomic E-state index is 5.53. The fourth-order valence-electron chi connectivity index (χ4n) is 0.891. The van der Waals surface area contributed by atoms with Crippen LogP contribution in [0.4, 0.5) is 11.5 Å². The summed E-state index contributed by atoms with van der Waals surface area (Å²) in [6.45, 7) is 6.49. The Labute approximate surface area is 79.4 Å². The monoisotopic (exact) mass is 179 g/mol. The van der Waals surface area contributed by atoms with E-state index in [1.165, 1.54) is 0 Å². The lowest BCUT2D eigenvalue weighted by molar-refractivity contribution is 0.558. The molecular weight excluding hydrogens is 162 g/mol. The van der Waals surface area contributed by atoms with Gasteiger partial charge in [-0.1, -0.05) is 13.8 Å². The fourth-order valence-corrected chi connectivity index (χ4v) is 0.891. The summed E-state index contributed by atoms with van der Waals surface area (Å²) in [5.74, 6) is 1.48. The number of hydrogen-bond donors (Lipinski definition) is 2. The number of nitrogen functional groups attached to an aromatic ring is 1. The number of nitrogens with two attached hydrogens (primary N) is 1. The van der Waals surface area contributed by atoms with Crippen molar-refractivity contribution >= 4 is 11.5 Å². The van der Waals surface area contributed by atoms with E-state index in [-0.39, 0.29) is 0 Å². The van der Waals surface area contributed by atoms with E-state index in [1.807, 2.05) is 12.1 Å². The minimum atomic E-state index is 0.427. The summed E-state index contributed by atoms with van der Waals surface area (Å²) in [6.07, 6.45) is 1.66. The first-order valence-electron chi connectivity index (χ1n) is 4.57. The highest BCUT2D eigenvalue weighted by Crippen LogP contribution is 2.10. The number of anilines is 2. The molecule has 3 nitrogen and oxygen atoms in total. The van der Waals surface area contributed by atoms with E-state index in [0.29, 0.717) is 17.6 Å². The van der Waals surface area contributed by atoms with Crippen LogP contribution in [0.5, 0.6) is 0 Å². The van der Waals surface area contributed by atoms with Crippen LogP contribution >= 0.6 is 0 Å². The zero-order valence-corrected chi connectivity index (χ0v) is 8.41. The van der Waals surface area contributed by atoms with Crippen LogP contribution in [-0.4, -0.2) is 11.0 Å². The second-order valence-electron chi connectivity index (χ2n) is 3.65. The van der Waals surface area contributed by atoms with Crippen molar-refractivity contribution in [2.45, 2.75) is 26.8 Å². The molecule has 0 aliphatic carbocycles. The first-order chi connectivity index (χ1) is 6.09. The minimum Gasteiger partial charge on any atom is -0.397 e. The van der Waals surface area contributed by atoms with Crippen LogP contribution in [0.25, 0.3) is 0 Å². The van der Waals surface area contributed by atoms with Crippen molar-refractivity contribution in [3.8, 4) is 0 Å². The molecule has 0 aromatic carbocycles. The van der Waals surface area contributed by atoms with Crippen LogP contribution in [0.1, 0.15) is 20.8 Å². The van der Waals surface area contributed by atoms with Crippen molar-refractivity contribution < 1.29 is 0 Å². The van der Waals surface area contributed by atoms with Gasteiger partial charge in [-0.3, -0.25) is 0 Å². The summed E-state index contributed by atoms with van der Waals surface area (Å²) in [5.41, 5.74) is 6.22. The Morgan fingerprint density at radius 1 is 1.31 bits per heavy atom. The molecule has 0 aliphatic heterocycles. The van der Waals surface area contributed by atoms with Crippen molar-refractivity contribution in [3.05, 3.63) is 18.3 Å². The van der Waals surface area contributed by atoms with Crippen molar-refractivity contribution in [2.24, 2.45) is 5.92 Å². The Hall–Kier alpha value is -1.25. The van der Waals surface area contributed by atoms with Gasteiger partial charge in [0.05, 0.1) is 11.9 Å². The maximum Gasteiger partial charge on any atom is 0.126 e. The molecule has 1 rings (SSSR count). The summed E-state index contributed by atoms with van der Waals surface area (Å²) < 4.78 is 0. The molecule has 0 amide bonds. The van der Waals surface area contributed by atoms with E-state index in [9.17, 15) is 0 Å². The zero-order chi connectivity index (χ0) is 9.84. The average molecular weight is 179 g/mol. The van der Waals surface area contributed by atoms with E-state index >= 15 is 0 Å². The summed E-state index contributed by atoms with van der Waals surface area (Å²) >= 11 is 0. The third-order valence-electron chi connectivity index (χ3n) is 2.16. The van der Waals surface area contributed by atoms with E-state index < -0.39 is 0 Å². The Balaban J connectivity index is 2.59. The van der Waals surface area contributed by atoms with Gasteiger partial charge < -0.3 is 11.1 Å². The maximum absolute atomic E-state index is 5.53. The number of hydrogen-bond acceptors (Lipinski definition) is 3. The van der Waals surface area contributed by atoms with Crippen LogP contribution < -0.4 is 11.1 Å². The third kappa shape index (κ3) is 2.93. The van der Waals surface area contributed by atoms with Gasteiger partial charge in [-0.15, -0.1) is 0 Å². The van der Waals surface area contributed by atoms with Crippen LogP contribution in [-0.2, 0) is 0 Å². The molecule has 3 heteroatoms. The Bertz CT molecular complexity index is 253. The van der Waals surface area contributed by atoms with Crippen molar-refractivity contribution in [2.75, 3.05) is 11.1 Å². The molecule has 1 atom stereocenters. The smallest absolute Gasteiger partial charge is 0.126 e. The highest BCUT2D eigenvalue weighted by Gasteiger charge is 2.06. The van der Waals surface area contributed by atoms with Gasteiger partial charge in [0.25, 0.3) is 0 Å². The predicted octanol–water partition coefficient (Wildman–Crippen LogP) is 2.12. The summed E-state index contributed by atoms with van der Waals surface area (Å²) in [7, 11) is 0. The number of pyridine rings is 1. The van der Waals surface area contributed by atoms with Crippen molar-refractivity contribution in [3.63, 3.8) is 0 Å². The van der Waals surface area contributed by atoms with Gasteiger partial charge in [0.2, 0.25) is 0 Å². The lowest BCUT2D eigenvalue weighted by Gasteiger charge is -2.17. The van der Waals surface area contributed by atoms with E-state index in [1.54, 1.807) is 6.20 Å². The van der Waals surface area contributed by atoms with Gasteiger partial charge >= 0.3 is 0 Å². The highest BCUT2D eigenvalue weighted by atomic mass is 15.0. The largest absolute Gasteiger partial charge is 0.397 e. The van der Waals surface area contributed by atoms with Gasteiger partial charge in [0.15, 0.2) is 0 Å².